The number of nitrogens with one attached hydrogen (secondary N) is 1. The molecule has 0 radical (unpaired) electrons. The molecule has 0 saturated heterocycles. The zero-order valence-electron chi connectivity index (χ0n) is 13.2. The van der Waals surface area contributed by atoms with Crippen LogP contribution in [0.5, 0.6) is 0 Å². The van der Waals surface area contributed by atoms with Gasteiger partial charge in [-0.3, -0.25) is 4.79 Å². The van der Waals surface area contributed by atoms with E-state index >= 15 is 0 Å². The van der Waals surface area contributed by atoms with E-state index in [-0.39, 0.29) is 11.4 Å². The van der Waals surface area contributed by atoms with Gasteiger partial charge in [-0.05, 0) is 30.5 Å². The molecule has 1 aliphatic heterocycles. The Labute approximate surface area is 145 Å². The Hall–Kier alpha value is -2.49. The van der Waals surface area contributed by atoms with E-state index in [9.17, 15) is 18.0 Å². The number of hydrogen-bond donors (Lipinski definition) is 1. The van der Waals surface area contributed by atoms with Crippen LogP contribution < -0.4 is 10.2 Å². The summed E-state index contributed by atoms with van der Waals surface area (Å²) < 4.78 is 37.8. The van der Waals surface area contributed by atoms with Crippen molar-refractivity contribution in [3.63, 3.8) is 0 Å². The van der Waals surface area contributed by atoms with E-state index in [0.29, 0.717) is 5.13 Å². The Balaban J connectivity index is 2.00. The first-order valence-corrected chi connectivity index (χ1v) is 8.30. The van der Waals surface area contributed by atoms with Crippen LogP contribution in [-0.2, 0) is 11.2 Å². The minimum absolute atomic E-state index is 0.0323. The fraction of sp³-hybridized carbons (Fsp3) is 0.333. The lowest BCUT2D eigenvalue weighted by Gasteiger charge is -2.28. The van der Waals surface area contributed by atoms with Gasteiger partial charge in [0.05, 0.1) is 5.69 Å². The maximum absolute atomic E-state index is 12.6. The van der Waals surface area contributed by atoms with Crippen LogP contribution in [0.2, 0.25) is 0 Å². The quantitative estimate of drug-likeness (QED) is 0.813. The fourth-order valence-corrected chi connectivity index (χ4v) is 2.99. The molecule has 3 rings (SSSR count). The second kappa shape index (κ2) is 6.79. The van der Waals surface area contributed by atoms with Gasteiger partial charge in [0.15, 0.2) is 0 Å². The van der Waals surface area contributed by atoms with Crippen molar-refractivity contribution in [1.82, 2.24) is 4.98 Å². The number of anilines is 2. The predicted molar refractivity (Wildman–Crippen MR) is 89.0 cm³/mol. The van der Waals surface area contributed by atoms with Crippen molar-refractivity contribution < 1.29 is 18.0 Å². The number of thiazole rings is 1. The molecule has 132 valence electrons. The van der Waals surface area contributed by atoms with Crippen molar-refractivity contribution >= 4 is 39.4 Å². The number of azo groups is 1. The van der Waals surface area contributed by atoms with Gasteiger partial charge in [0, 0.05) is 30.9 Å². The largest absolute Gasteiger partial charge is 0.471 e. The SMILES string of the molecule is CN1CCCc2cc(N=Nc3nccs3)c(NC(=O)C(F)(F)F)cc21. The summed E-state index contributed by atoms with van der Waals surface area (Å²) in [6.07, 6.45) is -1.72. The summed E-state index contributed by atoms with van der Waals surface area (Å²) in [5, 5.41) is 11.9. The zero-order chi connectivity index (χ0) is 18.0. The standard InChI is InChI=1S/C15H14F3N5OS/c1-23-5-2-3-9-7-11(21-22-14-19-4-6-25-14)10(8-12(9)23)20-13(24)15(16,17)18/h4,6-8H,2-3,5H2,1H3,(H,20,24). The Morgan fingerprint density at radius 3 is 2.84 bits per heavy atom. The summed E-state index contributed by atoms with van der Waals surface area (Å²) in [4.78, 5) is 17.2. The first-order chi connectivity index (χ1) is 11.8. The highest BCUT2D eigenvalue weighted by molar-refractivity contribution is 7.13. The molecular weight excluding hydrogens is 355 g/mol. The van der Waals surface area contributed by atoms with Crippen LogP contribution in [0.25, 0.3) is 0 Å². The van der Waals surface area contributed by atoms with E-state index in [2.05, 4.69) is 15.2 Å². The van der Waals surface area contributed by atoms with Crippen molar-refractivity contribution in [3.8, 4) is 0 Å². The molecule has 0 unspecified atom stereocenters. The first-order valence-electron chi connectivity index (χ1n) is 7.42. The first kappa shape index (κ1) is 17.3. The number of carbonyl (C=O) groups is 1. The zero-order valence-corrected chi connectivity index (χ0v) is 14.0. The highest BCUT2D eigenvalue weighted by Gasteiger charge is 2.39. The summed E-state index contributed by atoms with van der Waals surface area (Å²) in [5.74, 6) is -2.04. The van der Waals surface area contributed by atoms with Crippen molar-refractivity contribution in [2.75, 3.05) is 23.8 Å². The normalized spacial score (nSPS) is 14.6. The number of benzene rings is 1. The van der Waals surface area contributed by atoms with Crippen LogP contribution in [0, 0.1) is 0 Å². The number of aromatic nitrogens is 1. The summed E-state index contributed by atoms with van der Waals surface area (Å²) in [5.41, 5.74) is 1.86. The number of alkyl halides is 3. The molecule has 0 spiro atoms. The Morgan fingerprint density at radius 2 is 2.16 bits per heavy atom. The second-order valence-electron chi connectivity index (χ2n) is 5.49. The fourth-order valence-electron chi connectivity index (χ4n) is 2.54. The van der Waals surface area contributed by atoms with Crippen LogP contribution in [0.1, 0.15) is 12.0 Å². The molecule has 0 aliphatic carbocycles. The van der Waals surface area contributed by atoms with Crippen LogP contribution in [-0.4, -0.2) is 30.7 Å². The average Bonchev–Trinajstić information content (AvgIpc) is 3.06. The van der Waals surface area contributed by atoms with Crippen molar-refractivity contribution in [2.45, 2.75) is 19.0 Å². The third-order valence-corrected chi connectivity index (χ3v) is 4.37. The minimum atomic E-state index is -4.98. The molecule has 10 heteroatoms. The highest BCUT2D eigenvalue weighted by atomic mass is 32.1. The van der Waals surface area contributed by atoms with Crippen molar-refractivity contribution in [3.05, 3.63) is 29.3 Å². The van der Waals surface area contributed by atoms with Gasteiger partial charge in [0.25, 0.3) is 0 Å². The van der Waals surface area contributed by atoms with Crippen LogP contribution in [0.15, 0.2) is 33.9 Å². The van der Waals surface area contributed by atoms with Gasteiger partial charge < -0.3 is 10.2 Å². The number of fused-ring (bicyclic) bond motifs is 1. The maximum Gasteiger partial charge on any atom is 0.471 e. The third kappa shape index (κ3) is 3.95. The predicted octanol–water partition coefficient (Wildman–Crippen LogP) is 4.44. The van der Waals surface area contributed by atoms with Gasteiger partial charge in [0.2, 0.25) is 5.13 Å². The monoisotopic (exact) mass is 369 g/mol. The van der Waals surface area contributed by atoms with E-state index in [1.165, 1.54) is 17.4 Å². The topological polar surface area (TPSA) is 70.0 Å². The van der Waals surface area contributed by atoms with Gasteiger partial charge in [-0.1, -0.05) is 0 Å². The lowest BCUT2D eigenvalue weighted by Crippen LogP contribution is -2.30. The van der Waals surface area contributed by atoms with E-state index in [4.69, 9.17) is 0 Å². The number of amides is 1. The molecule has 1 aromatic carbocycles. The number of aryl methyl sites for hydroxylation is 1. The molecule has 1 N–H and O–H groups in total. The molecule has 1 aromatic heterocycles. The third-order valence-electron chi connectivity index (χ3n) is 3.72. The molecule has 0 atom stereocenters. The molecule has 0 saturated carbocycles. The number of nitrogens with zero attached hydrogens (tertiary/aromatic N) is 4. The molecule has 1 amide bonds. The Morgan fingerprint density at radius 1 is 1.36 bits per heavy atom. The number of halogens is 3. The lowest BCUT2D eigenvalue weighted by atomic mass is 10.0. The smallest absolute Gasteiger partial charge is 0.374 e. The Bertz CT molecular complexity index is 804. The maximum atomic E-state index is 12.6. The molecule has 0 fully saturated rings. The van der Waals surface area contributed by atoms with Crippen molar-refractivity contribution in [2.24, 2.45) is 10.2 Å². The average molecular weight is 369 g/mol. The molecule has 1 aliphatic rings. The van der Waals surface area contributed by atoms with E-state index in [1.807, 2.05) is 17.3 Å². The van der Waals surface area contributed by atoms with E-state index in [1.54, 1.807) is 17.6 Å². The van der Waals surface area contributed by atoms with E-state index in [0.717, 1.165) is 30.6 Å². The van der Waals surface area contributed by atoms with Gasteiger partial charge in [0.1, 0.15) is 5.69 Å². The summed E-state index contributed by atoms with van der Waals surface area (Å²) >= 11 is 1.25. The molecule has 25 heavy (non-hydrogen) atoms. The number of rotatable bonds is 3. The minimum Gasteiger partial charge on any atom is -0.374 e. The van der Waals surface area contributed by atoms with Gasteiger partial charge in [-0.2, -0.15) is 13.2 Å². The van der Waals surface area contributed by atoms with Crippen LogP contribution >= 0.6 is 11.3 Å². The van der Waals surface area contributed by atoms with Crippen molar-refractivity contribution in [1.29, 1.82) is 0 Å². The van der Waals surface area contributed by atoms with E-state index < -0.39 is 12.1 Å². The molecule has 2 aromatic rings. The van der Waals surface area contributed by atoms with Crippen LogP contribution in [0.3, 0.4) is 0 Å². The molecular formula is C15H14F3N5OS. The molecule has 0 bridgehead atoms. The molecule has 2 heterocycles. The van der Waals surface area contributed by atoms with Gasteiger partial charge in [-0.15, -0.1) is 21.6 Å². The lowest BCUT2D eigenvalue weighted by molar-refractivity contribution is -0.167. The highest BCUT2D eigenvalue weighted by Crippen LogP contribution is 2.37. The Kier molecular flexibility index (Phi) is 4.71. The number of hydrogen-bond acceptors (Lipinski definition) is 6. The van der Waals surface area contributed by atoms with Gasteiger partial charge >= 0.3 is 12.1 Å². The molecule has 6 nitrogen and oxygen atoms in total. The summed E-state index contributed by atoms with van der Waals surface area (Å²) in [6, 6.07) is 3.17. The summed E-state index contributed by atoms with van der Waals surface area (Å²) in [6.45, 7) is 0.791. The number of carbonyl (C=O) groups excluding carboxylic acids is 1. The van der Waals surface area contributed by atoms with Gasteiger partial charge in [-0.25, -0.2) is 4.98 Å². The second-order valence-corrected chi connectivity index (χ2v) is 6.36. The van der Waals surface area contributed by atoms with Crippen LogP contribution in [0.4, 0.5) is 35.4 Å². The summed E-state index contributed by atoms with van der Waals surface area (Å²) in [7, 11) is 1.85.